The maximum atomic E-state index is 11.8. The molecule has 1 aromatic rings. The van der Waals surface area contributed by atoms with Crippen LogP contribution in [0.3, 0.4) is 0 Å². The van der Waals surface area contributed by atoms with Gasteiger partial charge in [0.1, 0.15) is 0 Å². The molecule has 2 fully saturated rings. The van der Waals surface area contributed by atoms with Crippen LogP contribution in [0.4, 0.5) is 5.69 Å². The molecule has 3 rings (SSSR count). The van der Waals surface area contributed by atoms with Crippen LogP contribution in [0.1, 0.15) is 18.3 Å². The molecule has 0 radical (unpaired) electrons. The van der Waals surface area contributed by atoms with E-state index < -0.39 is 0 Å². The molecular formula is C14H18N2O3. The molecule has 2 heterocycles. The number of nitrogens with one attached hydrogen (secondary N) is 2. The fourth-order valence-electron chi connectivity index (χ4n) is 2.28. The van der Waals surface area contributed by atoms with Crippen molar-refractivity contribution in [1.29, 1.82) is 0 Å². The molecule has 0 aliphatic carbocycles. The van der Waals surface area contributed by atoms with E-state index in [1.165, 1.54) is 0 Å². The summed E-state index contributed by atoms with van der Waals surface area (Å²) in [6.45, 7) is 3.13. The zero-order valence-corrected chi connectivity index (χ0v) is 10.7. The molecule has 1 aromatic carbocycles. The molecule has 0 saturated carbocycles. The first-order valence-electron chi connectivity index (χ1n) is 6.65. The van der Waals surface area contributed by atoms with Gasteiger partial charge in [-0.3, -0.25) is 4.79 Å². The zero-order chi connectivity index (χ0) is 13.1. The van der Waals surface area contributed by atoms with Gasteiger partial charge in [-0.15, -0.1) is 0 Å². The van der Waals surface area contributed by atoms with Crippen LogP contribution in [0.5, 0.6) is 0 Å². The van der Waals surface area contributed by atoms with E-state index >= 15 is 0 Å². The monoisotopic (exact) mass is 262 g/mol. The van der Waals surface area contributed by atoms with Crippen LogP contribution in [0.15, 0.2) is 24.3 Å². The molecule has 0 atom stereocenters. The van der Waals surface area contributed by atoms with Crippen molar-refractivity contribution in [3.05, 3.63) is 29.8 Å². The summed E-state index contributed by atoms with van der Waals surface area (Å²) >= 11 is 0. The Morgan fingerprint density at radius 2 is 2.11 bits per heavy atom. The van der Waals surface area contributed by atoms with E-state index in [2.05, 4.69) is 10.6 Å². The fourth-order valence-corrected chi connectivity index (χ4v) is 2.28. The summed E-state index contributed by atoms with van der Waals surface area (Å²) in [5.74, 6) is 0.543. The Morgan fingerprint density at radius 1 is 1.32 bits per heavy atom. The Labute approximate surface area is 112 Å². The van der Waals surface area contributed by atoms with Gasteiger partial charge in [0.2, 0.25) is 5.91 Å². The van der Waals surface area contributed by atoms with Crippen LogP contribution in [-0.4, -0.2) is 32.2 Å². The van der Waals surface area contributed by atoms with Crippen LogP contribution >= 0.6 is 0 Å². The Balaban J connectivity index is 1.60. The molecule has 0 unspecified atom stereocenters. The van der Waals surface area contributed by atoms with Gasteiger partial charge in [-0.2, -0.15) is 0 Å². The molecule has 19 heavy (non-hydrogen) atoms. The van der Waals surface area contributed by atoms with Crippen molar-refractivity contribution in [2.75, 3.05) is 31.6 Å². The molecule has 0 spiro atoms. The minimum atomic E-state index is -0.298. The standard InChI is InChI=1S/C14H18N2O3/c17-13(6-10-8-15-9-10)16-12-3-1-2-11(7-12)14-18-4-5-19-14/h1-3,7,10,14-15H,4-6,8-9H2,(H,16,17). The third kappa shape index (κ3) is 3.12. The van der Waals surface area contributed by atoms with E-state index in [1.807, 2.05) is 24.3 Å². The zero-order valence-electron chi connectivity index (χ0n) is 10.7. The quantitative estimate of drug-likeness (QED) is 0.858. The summed E-state index contributed by atoms with van der Waals surface area (Å²) in [7, 11) is 0. The van der Waals surface area contributed by atoms with E-state index in [-0.39, 0.29) is 12.2 Å². The highest BCUT2D eigenvalue weighted by molar-refractivity contribution is 5.91. The number of hydrogen-bond donors (Lipinski definition) is 2. The number of carbonyl (C=O) groups is 1. The first-order chi connectivity index (χ1) is 9.31. The topological polar surface area (TPSA) is 59.6 Å². The highest BCUT2D eigenvalue weighted by Gasteiger charge is 2.21. The molecule has 1 amide bonds. The maximum Gasteiger partial charge on any atom is 0.224 e. The summed E-state index contributed by atoms with van der Waals surface area (Å²) in [4.78, 5) is 11.8. The second-order valence-corrected chi connectivity index (χ2v) is 4.98. The Hall–Kier alpha value is -1.43. The smallest absolute Gasteiger partial charge is 0.224 e. The average molecular weight is 262 g/mol. The van der Waals surface area contributed by atoms with Crippen molar-refractivity contribution >= 4 is 11.6 Å². The molecule has 2 aliphatic rings. The molecule has 2 N–H and O–H groups in total. The number of carbonyl (C=O) groups excluding carboxylic acids is 1. The van der Waals surface area contributed by atoms with Crippen LogP contribution in [0.25, 0.3) is 0 Å². The predicted octanol–water partition coefficient (Wildman–Crippen LogP) is 1.28. The van der Waals surface area contributed by atoms with Gasteiger partial charge in [0.05, 0.1) is 13.2 Å². The van der Waals surface area contributed by atoms with Crippen molar-refractivity contribution in [3.8, 4) is 0 Å². The molecule has 2 aliphatic heterocycles. The minimum absolute atomic E-state index is 0.0666. The average Bonchev–Trinajstić information content (AvgIpc) is 2.88. The van der Waals surface area contributed by atoms with Crippen molar-refractivity contribution in [2.24, 2.45) is 5.92 Å². The van der Waals surface area contributed by atoms with Crippen molar-refractivity contribution in [3.63, 3.8) is 0 Å². The lowest BCUT2D eigenvalue weighted by Gasteiger charge is -2.26. The first-order valence-corrected chi connectivity index (χ1v) is 6.65. The normalized spacial score (nSPS) is 20.2. The molecule has 5 heteroatoms. The summed E-state index contributed by atoms with van der Waals surface area (Å²) in [6.07, 6.45) is 0.279. The molecule has 5 nitrogen and oxygen atoms in total. The van der Waals surface area contributed by atoms with Gasteiger partial charge in [0.15, 0.2) is 6.29 Å². The molecular weight excluding hydrogens is 244 g/mol. The summed E-state index contributed by atoms with van der Waals surface area (Å²) in [5.41, 5.74) is 1.74. The Kier molecular flexibility index (Phi) is 3.77. The van der Waals surface area contributed by atoms with Gasteiger partial charge in [0.25, 0.3) is 0 Å². The SMILES string of the molecule is O=C(CC1CNC1)Nc1cccc(C2OCCO2)c1. The number of benzene rings is 1. The lowest BCUT2D eigenvalue weighted by atomic mass is 9.99. The number of rotatable bonds is 4. The van der Waals surface area contributed by atoms with Gasteiger partial charge in [-0.1, -0.05) is 12.1 Å². The first kappa shape index (κ1) is 12.6. The van der Waals surface area contributed by atoms with Crippen molar-refractivity contribution in [2.45, 2.75) is 12.7 Å². The third-order valence-corrected chi connectivity index (χ3v) is 3.40. The number of hydrogen-bond acceptors (Lipinski definition) is 4. The van der Waals surface area contributed by atoms with Crippen LogP contribution in [-0.2, 0) is 14.3 Å². The van der Waals surface area contributed by atoms with E-state index in [0.29, 0.717) is 25.6 Å². The number of anilines is 1. The van der Waals surface area contributed by atoms with Gasteiger partial charge in [-0.25, -0.2) is 0 Å². The van der Waals surface area contributed by atoms with Gasteiger partial charge in [0, 0.05) is 17.7 Å². The van der Waals surface area contributed by atoms with Crippen LogP contribution in [0.2, 0.25) is 0 Å². The van der Waals surface area contributed by atoms with E-state index in [0.717, 1.165) is 24.3 Å². The minimum Gasteiger partial charge on any atom is -0.346 e. The highest BCUT2D eigenvalue weighted by Crippen LogP contribution is 2.25. The Morgan fingerprint density at radius 3 is 2.79 bits per heavy atom. The van der Waals surface area contributed by atoms with Gasteiger partial charge >= 0.3 is 0 Å². The summed E-state index contributed by atoms with van der Waals surface area (Å²) in [5, 5.41) is 6.09. The largest absolute Gasteiger partial charge is 0.346 e. The summed E-state index contributed by atoms with van der Waals surface area (Å²) in [6, 6.07) is 7.64. The van der Waals surface area contributed by atoms with Gasteiger partial charge in [-0.05, 0) is 31.1 Å². The second-order valence-electron chi connectivity index (χ2n) is 4.98. The number of ether oxygens (including phenoxy) is 2. The fraction of sp³-hybridized carbons (Fsp3) is 0.500. The van der Waals surface area contributed by atoms with E-state index in [4.69, 9.17) is 9.47 Å². The summed E-state index contributed by atoms with van der Waals surface area (Å²) < 4.78 is 10.9. The number of amides is 1. The third-order valence-electron chi connectivity index (χ3n) is 3.40. The van der Waals surface area contributed by atoms with Crippen LogP contribution in [0, 0.1) is 5.92 Å². The molecule has 0 aromatic heterocycles. The molecule has 102 valence electrons. The maximum absolute atomic E-state index is 11.8. The predicted molar refractivity (Wildman–Crippen MR) is 70.7 cm³/mol. The van der Waals surface area contributed by atoms with E-state index in [9.17, 15) is 4.79 Å². The van der Waals surface area contributed by atoms with E-state index in [1.54, 1.807) is 0 Å². The Bertz CT molecular complexity index is 454. The molecule has 0 bridgehead atoms. The highest BCUT2D eigenvalue weighted by atomic mass is 16.7. The lowest BCUT2D eigenvalue weighted by Crippen LogP contribution is -2.43. The lowest BCUT2D eigenvalue weighted by molar-refractivity contribution is -0.117. The van der Waals surface area contributed by atoms with Crippen molar-refractivity contribution in [1.82, 2.24) is 5.32 Å². The molecule has 2 saturated heterocycles. The van der Waals surface area contributed by atoms with Crippen molar-refractivity contribution < 1.29 is 14.3 Å². The second kappa shape index (κ2) is 5.69. The van der Waals surface area contributed by atoms with Crippen LogP contribution < -0.4 is 10.6 Å². The van der Waals surface area contributed by atoms with Gasteiger partial charge < -0.3 is 20.1 Å².